The lowest BCUT2D eigenvalue weighted by molar-refractivity contribution is 0.907. The summed E-state index contributed by atoms with van der Waals surface area (Å²) in [6, 6.07) is 7.96. The minimum Gasteiger partial charge on any atom is -0.326 e. The molecule has 0 fully saturated rings. The monoisotopic (exact) mass is 176 g/mol. The number of rotatable bonds is 3. The Morgan fingerprint density at radius 2 is 2.08 bits per heavy atom. The standard InChI is InChI=1S/C11H16N2/c1-9(2)8-13-11-6-4-3-5-10(11)7-12/h3-6,8-9H,7,12H2,1-2H3. The quantitative estimate of drug-likeness (QED) is 0.706. The van der Waals surface area contributed by atoms with Crippen molar-refractivity contribution in [3.05, 3.63) is 29.8 Å². The number of benzene rings is 1. The highest BCUT2D eigenvalue weighted by Gasteiger charge is 1.96. The Morgan fingerprint density at radius 1 is 1.38 bits per heavy atom. The topological polar surface area (TPSA) is 38.4 Å². The van der Waals surface area contributed by atoms with Crippen LogP contribution in [0.4, 0.5) is 5.69 Å². The summed E-state index contributed by atoms with van der Waals surface area (Å²) in [5, 5.41) is 0. The first-order valence-corrected chi connectivity index (χ1v) is 4.56. The molecule has 70 valence electrons. The zero-order valence-corrected chi connectivity index (χ0v) is 8.20. The van der Waals surface area contributed by atoms with Gasteiger partial charge in [0, 0.05) is 12.8 Å². The molecule has 0 spiro atoms. The van der Waals surface area contributed by atoms with Crippen LogP contribution in [0.1, 0.15) is 19.4 Å². The lowest BCUT2D eigenvalue weighted by Gasteiger charge is -2.01. The Hall–Kier alpha value is -1.15. The van der Waals surface area contributed by atoms with E-state index in [0.717, 1.165) is 11.3 Å². The zero-order valence-electron chi connectivity index (χ0n) is 8.20. The molecule has 0 amide bonds. The van der Waals surface area contributed by atoms with Crippen LogP contribution in [0.25, 0.3) is 0 Å². The molecule has 0 aliphatic heterocycles. The Kier molecular flexibility index (Phi) is 3.65. The van der Waals surface area contributed by atoms with Gasteiger partial charge < -0.3 is 5.73 Å². The summed E-state index contributed by atoms with van der Waals surface area (Å²) in [7, 11) is 0. The fraction of sp³-hybridized carbons (Fsp3) is 0.364. The van der Waals surface area contributed by atoms with Crippen molar-refractivity contribution >= 4 is 11.9 Å². The van der Waals surface area contributed by atoms with Gasteiger partial charge in [-0.1, -0.05) is 32.0 Å². The third kappa shape index (κ3) is 2.99. The molecule has 0 atom stereocenters. The lowest BCUT2D eigenvalue weighted by atomic mass is 10.2. The van der Waals surface area contributed by atoms with Gasteiger partial charge in [-0.3, -0.25) is 4.99 Å². The number of hydrogen-bond acceptors (Lipinski definition) is 2. The van der Waals surface area contributed by atoms with Crippen molar-refractivity contribution in [2.75, 3.05) is 0 Å². The van der Waals surface area contributed by atoms with Crippen molar-refractivity contribution < 1.29 is 0 Å². The SMILES string of the molecule is CC(C)C=Nc1ccccc1CN. The lowest BCUT2D eigenvalue weighted by Crippen LogP contribution is -1.96. The summed E-state index contributed by atoms with van der Waals surface area (Å²) >= 11 is 0. The molecule has 0 heterocycles. The second-order valence-corrected chi connectivity index (χ2v) is 3.36. The predicted octanol–water partition coefficient (Wildman–Crippen LogP) is 2.50. The van der Waals surface area contributed by atoms with Gasteiger partial charge in [0.25, 0.3) is 0 Å². The first-order chi connectivity index (χ1) is 6.24. The van der Waals surface area contributed by atoms with Crippen LogP contribution in [-0.4, -0.2) is 6.21 Å². The molecule has 2 nitrogen and oxygen atoms in total. The van der Waals surface area contributed by atoms with E-state index in [-0.39, 0.29) is 0 Å². The van der Waals surface area contributed by atoms with Gasteiger partial charge in [0.15, 0.2) is 0 Å². The Balaban J connectivity index is 2.87. The van der Waals surface area contributed by atoms with E-state index in [1.54, 1.807) is 0 Å². The van der Waals surface area contributed by atoms with E-state index in [9.17, 15) is 0 Å². The van der Waals surface area contributed by atoms with E-state index >= 15 is 0 Å². The summed E-state index contributed by atoms with van der Waals surface area (Å²) in [6.07, 6.45) is 1.94. The second-order valence-electron chi connectivity index (χ2n) is 3.36. The van der Waals surface area contributed by atoms with E-state index in [0.29, 0.717) is 12.5 Å². The maximum atomic E-state index is 5.58. The number of hydrogen-bond donors (Lipinski definition) is 1. The normalized spacial score (nSPS) is 11.4. The van der Waals surface area contributed by atoms with Crippen molar-refractivity contribution in [2.24, 2.45) is 16.6 Å². The van der Waals surface area contributed by atoms with Gasteiger partial charge in [-0.05, 0) is 17.5 Å². The maximum Gasteiger partial charge on any atom is 0.0670 e. The molecule has 2 N–H and O–H groups in total. The van der Waals surface area contributed by atoms with Crippen molar-refractivity contribution in [2.45, 2.75) is 20.4 Å². The largest absolute Gasteiger partial charge is 0.326 e. The minimum atomic E-state index is 0.478. The molecule has 1 aromatic carbocycles. The summed E-state index contributed by atoms with van der Waals surface area (Å²) in [6.45, 7) is 4.76. The highest BCUT2D eigenvalue weighted by molar-refractivity contribution is 5.66. The van der Waals surface area contributed by atoms with Gasteiger partial charge in [-0.15, -0.1) is 0 Å². The van der Waals surface area contributed by atoms with Crippen LogP contribution < -0.4 is 5.73 Å². The van der Waals surface area contributed by atoms with Crippen LogP contribution in [0.2, 0.25) is 0 Å². The third-order valence-electron chi connectivity index (χ3n) is 1.72. The van der Waals surface area contributed by atoms with Gasteiger partial charge >= 0.3 is 0 Å². The molecular weight excluding hydrogens is 160 g/mol. The first-order valence-electron chi connectivity index (χ1n) is 4.56. The Labute approximate surface area is 79.5 Å². The molecule has 0 aromatic heterocycles. The Bertz CT molecular complexity index is 290. The smallest absolute Gasteiger partial charge is 0.0670 e. The molecule has 0 aliphatic rings. The van der Waals surface area contributed by atoms with E-state index in [4.69, 9.17) is 5.73 Å². The number of para-hydroxylation sites is 1. The van der Waals surface area contributed by atoms with E-state index < -0.39 is 0 Å². The van der Waals surface area contributed by atoms with E-state index in [1.807, 2.05) is 30.5 Å². The molecule has 0 radical (unpaired) electrons. The molecule has 1 rings (SSSR count). The van der Waals surface area contributed by atoms with Crippen LogP contribution in [0.5, 0.6) is 0 Å². The van der Waals surface area contributed by atoms with E-state index in [1.165, 1.54) is 0 Å². The van der Waals surface area contributed by atoms with Crippen LogP contribution in [0.3, 0.4) is 0 Å². The molecular formula is C11H16N2. The summed E-state index contributed by atoms with van der Waals surface area (Å²) in [5.74, 6) is 0.478. The Morgan fingerprint density at radius 3 is 2.69 bits per heavy atom. The summed E-state index contributed by atoms with van der Waals surface area (Å²) in [5.41, 5.74) is 7.66. The summed E-state index contributed by atoms with van der Waals surface area (Å²) < 4.78 is 0. The van der Waals surface area contributed by atoms with Crippen molar-refractivity contribution in [1.82, 2.24) is 0 Å². The van der Waals surface area contributed by atoms with Gasteiger partial charge in [0.2, 0.25) is 0 Å². The third-order valence-corrected chi connectivity index (χ3v) is 1.72. The van der Waals surface area contributed by atoms with Gasteiger partial charge in [-0.2, -0.15) is 0 Å². The van der Waals surface area contributed by atoms with Gasteiger partial charge in [0.05, 0.1) is 5.69 Å². The molecule has 13 heavy (non-hydrogen) atoms. The highest BCUT2D eigenvalue weighted by Crippen LogP contribution is 2.17. The van der Waals surface area contributed by atoms with Gasteiger partial charge in [-0.25, -0.2) is 0 Å². The van der Waals surface area contributed by atoms with Crippen LogP contribution in [-0.2, 0) is 6.54 Å². The predicted molar refractivity (Wildman–Crippen MR) is 57.3 cm³/mol. The fourth-order valence-corrected chi connectivity index (χ4v) is 1.04. The number of nitrogens with zero attached hydrogens (tertiary/aromatic N) is 1. The van der Waals surface area contributed by atoms with Crippen molar-refractivity contribution in [3.63, 3.8) is 0 Å². The molecule has 0 bridgehead atoms. The van der Waals surface area contributed by atoms with Crippen LogP contribution >= 0.6 is 0 Å². The minimum absolute atomic E-state index is 0.478. The molecule has 0 saturated carbocycles. The zero-order chi connectivity index (χ0) is 9.68. The fourth-order valence-electron chi connectivity index (χ4n) is 1.04. The van der Waals surface area contributed by atoms with Crippen LogP contribution in [0, 0.1) is 5.92 Å². The average molecular weight is 176 g/mol. The van der Waals surface area contributed by atoms with E-state index in [2.05, 4.69) is 18.8 Å². The van der Waals surface area contributed by atoms with Crippen molar-refractivity contribution in [1.29, 1.82) is 0 Å². The molecule has 0 saturated heterocycles. The first kappa shape index (κ1) is 9.93. The number of nitrogens with two attached hydrogens (primary N) is 1. The van der Waals surface area contributed by atoms with Crippen molar-refractivity contribution in [3.8, 4) is 0 Å². The average Bonchev–Trinajstić information content (AvgIpc) is 2.15. The van der Waals surface area contributed by atoms with Crippen LogP contribution in [0.15, 0.2) is 29.3 Å². The number of aliphatic imine (C=N–C) groups is 1. The second kappa shape index (κ2) is 4.77. The molecule has 0 unspecified atom stereocenters. The highest BCUT2D eigenvalue weighted by atomic mass is 14.7. The molecule has 0 aliphatic carbocycles. The maximum absolute atomic E-state index is 5.58. The summed E-state index contributed by atoms with van der Waals surface area (Å²) in [4.78, 5) is 4.37. The molecule has 1 aromatic rings. The van der Waals surface area contributed by atoms with Gasteiger partial charge in [0.1, 0.15) is 0 Å². The molecule has 2 heteroatoms.